The summed E-state index contributed by atoms with van der Waals surface area (Å²) >= 11 is 0. The molecule has 0 saturated heterocycles. The lowest BCUT2D eigenvalue weighted by atomic mass is 10.0. The van der Waals surface area contributed by atoms with Crippen molar-refractivity contribution in [3.63, 3.8) is 0 Å². The maximum atomic E-state index is 14.5. The van der Waals surface area contributed by atoms with E-state index >= 15 is 0 Å². The molecule has 0 spiro atoms. The summed E-state index contributed by atoms with van der Waals surface area (Å²) in [5, 5.41) is 8.36. The van der Waals surface area contributed by atoms with E-state index in [0.717, 1.165) is 0 Å². The van der Waals surface area contributed by atoms with Crippen LogP contribution in [0.1, 0.15) is 43.7 Å². The predicted molar refractivity (Wildman–Crippen MR) is 156 cm³/mol. The van der Waals surface area contributed by atoms with E-state index in [1.165, 1.54) is 0 Å². The maximum Gasteiger partial charge on any atom is 0.432 e. The highest BCUT2D eigenvalue weighted by Gasteiger charge is 2.42. The highest BCUT2D eigenvalue weighted by molar-refractivity contribution is 5.38. The van der Waals surface area contributed by atoms with Gasteiger partial charge in [0.2, 0.25) is 0 Å². The Labute approximate surface area is 286 Å². The molecule has 0 amide bonds. The highest BCUT2D eigenvalue weighted by atomic mass is 19.3. The Bertz CT molecular complexity index is 1750. The zero-order valence-electron chi connectivity index (χ0n) is 26.5. The van der Waals surface area contributed by atoms with Crippen LogP contribution in [0.4, 0.5) is 61.5 Å². The molecule has 284 valence electrons. The second kappa shape index (κ2) is 17.5. The van der Waals surface area contributed by atoms with Gasteiger partial charge in [-0.1, -0.05) is 6.92 Å². The van der Waals surface area contributed by atoms with Gasteiger partial charge in [-0.25, -0.2) is 43.9 Å². The Kier molecular flexibility index (Phi) is 14.0. The molecule has 0 fully saturated rings. The van der Waals surface area contributed by atoms with Crippen LogP contribution in [0, 0.1) is 46.6 Å². The molecule has 3 rings (SSSR count). The van der Waals surface area contributed by atoms with E-state index in [-0.39, 0.29) is 50.0 Å². The molecule has 18 heteroatoms. The van der Waals surface area contributed by atoms with Gasteiger partial charge in [0.05, 0.1) is 25.0 Å². The fourth-order valence-electron chi connectivity index (χ4n) is 4.59. The number of ether oxygens (including phenoxy) is 3. The summed E-state index contributed by atoms with van der Waals surface area (Å²) in [5.41, 5.74) is -3.87. The number of allylic oxidation sites excluding steroid dienone is 5. The lowest BCUT2D eigenvalue weighted by Gasteiger charge is -2.20. The quantitative estimate of drug-likeness (QED) is 0.0489. The fourth-order valence-corrected chi connectivity index (χ4v) is 4.59. The summed E-state index contributed by atoms with van der Waals surface area (Å²) in [6.45, 7) is 1.50. The molecular weight excluding hydrogens is 738 g/mol. The second-order valence-corrected chi connectivity index (χ2v) is 11.0. The molecule has 1 atom stereocenters. The van der Waals surface area contributed by atoms with Gasteiger partial charge in [-0.3, -0.25) is 0 Å². The number of halogens is 14. The van der Waals surface area contributed by atoms with E-state index in [2.05, 4.69) is 4.74 Å². The Morgan fingerprint density at radius 1 is 0.673 bits per heavy atom. The monoisotopic (exact) mass is 764 g/mol. The third kappa shape index (κ3) is 10.8. The van der Waals surface area contributed by atoms with Crippen LogP contribution in [0.2, 0.25) is 0 Å². The molecule has 0 radical (unpaired) electrons. The Morgan fingerprint density at radius 3 is 1.54 bits per heavy atom. The van der Waals surface area contributed by atoms with Crippen LogP contribution in [0.5, 0.6) is 17.2 Å². The second-order valence-electron chi connectivity index (χ2n) is 11.0. The van der Waals surface area contributed by atoms with Crippen LogP contribution in [0.3, 0.4) is 0 Å². The molecule has 0 aromatic heterocycles. The van der Waals surface area contributed by atoms with E-state index in [9.17, 15) is 61.5 Å². The van der Waals surface area contributed by atoms with Crippen LogP contribution in [-0.4, -0.2) is 18.3 Å². The van der Waals surface area contributed by atoms with Crippen molar-refractivity contribution >= 4 is 0 Å². The molecular formula is C34H26F14O4. The third-order valence-corrected chi connectivity index (χ3v) is 7.03. The van der Waals surface area contributed by atoms with Crippen molar-refractivity contribution in [3.8, 4) is 17.2 Å². The Morgan fingerprint density at radius 2 is 1.10 bits per heavy atom. The van der Waals surface area contributed by atoms with Crippen LogP contribution in [0.15, 0.2) is 72.3 Å². The van der Waals surface area contributed by atoms with Crippen molar-refractivity contribution in [1.29, 1.82) is 0 Å². The van der Waals surface area contributed by atoms with E-state index in [0.29, 0.717) is 43.5 Å². The summed E-state index contributed by atoms with van der Waals surface area (Å²) in [4.78, 5) is 0. The van der Waals surface area contributed by atoms with Crippen molar-refractivity contribution < 1.29 is 80.8 Å². The number of rotatable bonds is 17. The van der Waals surface area contributed by atoms with Crippen molar-refractivity contribution in [2.24, 2.45) is 5.92 Å². The zero-order valence-corrected chi connectivity index (χ0v) is 26.5. The largest absolute Gasteiger partial charge is 0.515 e. The first-order valence-electron chi connectivity index (χ1n) is 14.9. The lowest BCUT2D eigenvalue weighted by molar-refractivity contribution is -0.189. The summed E-state index contributed by atoms with van der Waals surface area (Å²) in [6.07, 6.45) is -4.19. The SMILES string of the molecule is CC(CCCOc1cc(F)c(C(F)(F)\C=C(F)/C(F)=C(F)\C=C\O)c(F)c1)CCCOc1cc(F)c(C(F)(F)Oc2cc(F)c(F)c(F)c2)c(F)c1. The molecule has 1 N–H and O–H groups in total. The highest BCUT2D eigenvalue weighted by Crippen LogP contribution is 2.39. The molecule has 0 bridgehead atoms. The van der Waals surface area contributed by atoms with Crippen LogP contribution >= 0.6 is 0 Å². The maximum absolute atomic E-state index is 14.5. The van der Waals surface area contributed by atoms with Gasteiger partial charge >= 0.3 is 12.0 Å². The molecule has 3 aromatic rings. The van der Waals surface area contributed by atoms with Crippen LogP contribution in [-0.2, 0) is 12.0 Å². The van der Waals surface area contributed by atoms with E-state index < -0.39 is 105 Å². The van der Waals surface area contributed by atoms with Crippen molar-refractivity contribution in [2.75, 3.05) is 13.2 Å². The standard InChI is InChI=1S/C34H26F14O4/c1-17(4-2-8-50-18-10-22(36)29(23(37)11-18)33(45,46)16-28(42)31(43)21(35)6-7-49)5-3-9-51-19-12-24(38)30(25(39)13-19)34(47,48)52-20-14-26(40)32(44)27(41)15-20/h6-7,10-17,49H,2-5,8-9H2,1H3/b7-6+,28-16+,31-21-. The number of alkyl halides is 4. The summed E-state index contributed by atoms with van der Waals surface area (Å²) in [7, 11) is 0. The zero-order chi connectivity index (χ0) is 39.0. The summed E-state index contributed by atoms with van der Waals surface area (Å²) in [6, 6.07) is 1.72. The van der Waals surface area contributed by atoms with Gasteiger partial charge < -0.3 is 19.3 Å². The van der Waals surface area contributed by atoms with E-state index in [4.69, 9.17) is 14.6 Å². The molecule has 52 heavy (non-hydrogen) atoms. The minimum atomic E-state index is -4.77. The summed E-state index contributed by atoms with van der Waals surface area (Å²) in [5.74, 6) is -27.2. The van der Waals surface area contributed by atoms with Gasteiger partial charge in [0.25, 0.3) is 0 Å². The smallest absolute Gasteiger partial charge is 0.432 e. The normalized spacial score (nSPS) is 13.7. The molecule has 0 saturated carbocycles. The van der Waals surface area contributed by atoms with Crippen molar-refractivity contribution in [1.82, 2.24) is 0 Å². The van der Waals surface area contributed by atoms with Crippen LogP contribution < -0.4 is 14.2 Å². The molecule has 4 nitrogen and oxygen atoms in total. The Balaban J connectivity index is 1.48. The summed E-state index contributed by atoms with van der Waals surface area (Å²) < 4.78 is 210. The van der Waals surface area contributed by atoms with E-state index in [1.54, 1.807) is 6.92 Å². The molecule has 0 aliphatic rings. The molecule has 0 aliphatic heterocycles. The number of hydrogen-bond acceptors (Lipinski definition) is 4. The van der Waals surface area contributed by atoms with Crippen LogP contribution in [0.25, 0.3) is 0 Å². The van der Waals surface area contributed by atoms with Gasteiger partial charge in [-0.15, -0.1) is 0 Å². The average Bonchev–Trinajstić information content (AvgIpc) is 3.02. The molecule has 1 unspecified atom stereocenters. The number of benzene rings is 3. The average molecular weight is 765 g/mol. The Hall–Kier alpha value is -4.90. The molecule has 0 heterocycles. The van der Waals surface area contributed by atoms with Crippen molar-refractivity contribution in [3.05, 3.63) is 124 Å². The molecule has 0 aliphatic carbocycles. The number of aliphatic hydroxyl groups is 1. The van der Waals surface area contributed by atoms with Crippen molar-refractivity contribution in [2.45, 2.75) is 44.6 Å². The first kappa shape index (κ1) is 41.5. The minimum absolute atomic E-state index is 0.00471. The predicted octanol–water partition coefficient (Wildman–Crippen LogP) is 11.6. The number of aliphatic hydroxyl groups excluding tert-OH is 1. The first-order valence-corrected chi connectivity index (χ1v) is 14.9. The topological polar surface area (TPSA) is 47.9 Å². The van der Waals surface area contributed by atoms with Gasteiger partial charge in [0.15, 0.2) is 34.9 Å². The van der Waals surface area contributed by atoms with Gasteiger partial charge in [0.1, 0.15) is 46.1 Å². The van der Waals surface area contributed by atoms with E-state index in [1.807, 2.05) is 0 Å². The molecule has 3 aromatic carbocycles. The third-order valence-electron chi connectivity index (χ3n) is 7.03. The van der Waals surface area contributed by atoms with Gasteiger partial charge in [0, 0.05) is 48.6 Å². The van der Waals surface area contributed by atoms with Gasteiger partial charge in [-0.2, -0.15) is 17.6 Å². The lowest BCUT2D eigenvalue weighted by Crippen LogP contribution is -2.25. The van der Waals surface area contributed by atoms with Gasteiger partial charge in [-0.05, 0) is 31.6 Å². The fraction of sp³-hybridized carbons (Fsp3) is 0.294. The first-order chi connectivity index (χ1) is 24.3. The number of hydrogen-bond donors (Lipinski definition) is 1. The minimum Gasteiger partial charge on any atom is -0.515 e.